The molecule has 0 heterocycles. The van der Waals surface area contributed by atoms with Crippen molar-refractivity contribution in [3.05, 3.63) is 0 Å². The lowest BCUT2D eigenvalue weighted by molar-refractivity contribution is 0.0360. The molecule has 0 saturated heterocycles. The Bertz CT molecular complexity index is 150. The van der Waals surface area contributed by atoms with E-state index in [1.165, 1.54) is 19.3 Å². The fourth-order valence-corrected chi connectivity index (χ4v) is 2.17. The van der Waals surface area contributed by atoms with Crippen LogP contribution in [-0.2, 0) is 9.47 Å². The lowest BCUT2D eigenvalue weighted by Crippen LogP contribution is -2.25. The zero-order valence-corrected chi connectivity index (χ0v) is 9.78. The standard InChI is InChI=1S/C12H24O3/c1-14-8-4-9-15-10-7-11-5-2-3-6-12(11)13/h11-13H,2-10H2,1H3. The molecule has 0 aliphatic heterocycles. The first-order valence-electron chi connectivity index (χ1n) is 6.09. The minimum Gasteiger partial charge on any atom is -0.393 e. The summed E-state index contributed by atoms with van der Waals surface area (Å²) in [6.07, 6.45) is 6.49. The number of hydrogen-bond acceptors (Lipinski definition) is 3. The van der Waals surface area contributed by atoms with E-state index in [1.807, 2.05) is 0 Å². The predicted octanol–water partition coefficient (Wildman–Crippen LogP) is 1.98. The van der Waals surface area contributed by atoms with Crippen LogP contribution in [0.15, 0.2) is 0 Å². The lowest BCUT2D eigenvalue weighted by atomic mass is 9.85. The van der Waals surface area contributed by atoms with Crippen LogP contribution in [0.25, 0.3) is 0 Å². The van der Waals surface area contributed by atoms with Crippen molar-refractivity contribution in [1.82, 2.24) is 0 Å². The number of ether oxygens (including phenoxy) is 2. The SMILES string of the molecule is COCCCOCCC1CCCCC1O. The predicted molar refractivity (Wildman–Crippen MR) is 59.9 cm³/mol. The van der Waals surface area contributed by atoms with Gasteiger partial charge in [0.1, 0.15) is 0 Å². The molecule has 1 saturated carbocycles. The van der Waals surface area contributed by atoms with Gasteiger partial charge in [0.05, 0.1) is 6.10 Å². The molecule has 2 unspecified atom stereocenters. The summed E-state index contributed by atoms with van der Waals surface area (Å²) >= 11 is 0. The second-order valence-corrected chi connectivity index (χ2v) is 4.36. The van der Waals surface area contributed by atoms with Crippen molar-refractivity contribution in [2.24, 2.45) is 5.92 Å². The maximum absolute atomic E-state index is 9.73. The summed E-state index contributed by atoms with van der Waals surface area (Å²) in [5, 5.41) is 9.73. The highest BCUT2D eigenvalue weighted by molar-refractivity contribution is 4.73. The Morgan fingerprint density at radius 2 is 1.93 bits per heavy atom. The van der Waals surface area contributed by atoms with Crippen molar-refractivity contribution in [3.63, 3.8) is 0 Å². The number of aliphatic hydroxyl groups is 1. The molecule has 90 valence electrons. The molecule has 3 nitrogen and oxygen atoms in total. The van der Waals surface area contributed by atoms with Gasteiger partial charge in [-0.15, -0.1) is 0 Å². The number of rotatable bonds is 7. The van der Waals surface area contributed by atoms with E-state index in [0.29, 0.717) is 5.92 Å². The summed E-state index contributed by atoms with van der Waals surface area (Å²) in [5.74, 6) is 0.473. The average Bonchev–Trinajstić information content (AvgIpc) is 2.25. The van der Waals surface area contributed by atoms with Crippen molar-refractivity contribution in [1.29, 1.82) is 0 Å². The topological polar surface area (TPSA) is 38.7 Å². The zero-order valence-electron chi connectivity index (χ0n) is 9.78. The van der Waals surface area contributed by atoms with Crippen molar-refractivity contribution in [2.75, 3.05) is 26.9 Å². The quantitative estimate of drug-likeness (QED) is 0.661. The molecule has 1 rings (SSSR count). The first kappa shape index (κ1) is 12.9. The Morgan fingerprint density at radius 1 is 1.13 bits per heavy atom. The summed E-state index contributed by atoms with van der Waals surface area (Å²) in [6, 6.07) is 0. The molecule has 0 bridgehead atoms. The average molecular weight is 216 g/mol. The maximum Gasteiger partial charge on any atom is 0.0569 e. The highest BCUT2D eigenvalue weighted by Crippen LogP contribution is 2.26. The molecule has 2 atom stereocenters. The summed E-state index contributed by atoms with van der Waals surface area (Å²) in [6.45, 7) is 2.33. The Balaban J connectivity index is 1.94. The Morgan fingerprint density at radius 3 is 2.67 bits per heavy atom. The second-order valence-electron chi connectivity index (χ2n) is 4.36. The lowest BCUT2D eigenvalue weighted by Gasteiger charge is -2.27. The number of methoxy groups -OCH3 is 1. The van der Waals surface area contributed by atoms with Crippen LogP contribution in [0.1, 0.15) is 38.5 Å². The molecule has 3 heteroatoms. The van der Waals surface area contributed by atoms with Gasteiger partial charge in [0, 0.05) is 26.9 Å². The molecule has 0 amide bonds. The highest BCUT2D eigenvalue weighted by atomic mass is 16.5. The van der Waals surface area contributed by atoms with Crippen LogP contribution in [0.4, 0.5) is 0 Å². The third kappa shape index (κ3) is 5.50. The monoisotopic (exact) mass is 216 g/mol. The molecular formula is C12H24O3. The Labute approximate surface area is 92.8 Å². The van der Waals surface area contributed by atoms with Gasteiger partial charge in [-0.05, 0) is 31.6 Å². The molecule has 1 N–H and O–H groups in total. The third-order valence-electron chi connectivity index (χ3n) is 3.14. The minimum absolute atomic E-state index is 0.0821. The van der Waals surface area contributed by atoms with E-state index < -0.39 is 0 Å². The molecule has 1 aliphatic carbocycles. The van der Waals surface area contributed by atoms with Gasteiger partial charge in [-0.2, -0.15) is 0 Å². The summed E-state index contributed by atoms with van der Waals surface area (Å²) in [7, 11) is 1.71. The van der Waals surface area contributed by atoms with Crippen molar-refractivity contribution in [2.45, 2.75) is 44.6 Å². The summed E-state index contributed by atoms with van der Waals surface area (Å²) in [4.78, 5) is 0. The third-order valence-corrected chi connectivity index (χ3v) is 3.14. The number of hydrogen-bond donors (Lipinski definition) is 1. The van der Waals surface area contributed by atoms with E-state index in [1.54, 1.807) is 7.11 Å². The van der Waals surface area contributed by atoms with Gasteiger partial charge in [-0.1, -0.05) is 12.8 Å². The van der Waals surface area contributed by atoms with Crippen molar-refractivity contribution >= 4 is 0 Å². The summed E-state index contributed by atoms with van der Waals surface area (Å²) < 4.78 is 10.4. The Hall–Kier alpha value is -0.120. The first-order valence-corrected chi connectivity index (χ1v) is 6.09. The van der Waals surface area contributed by atoms with Gasteiger partial charge in [-0.3, -0.25) is 0 Å². The van der Waals surface area contributed by atoms with Gasteiger partial charge in [-0.25, -0.2) is 0 Å². The normalized spacial score (nSPS) is 26.8. The molecule has 1 aliphatic rings. The van der Waals surface area contributed by atoms with E-state index in [4.69, 9.17) is 9.47 Å². The van der Waals surface area contributed by atoms with E-state index in [0.717, 1.165) is 39.1 Å². The fraction of sp³-hybridized carbons (Fsp3) is 1.00. The van der Waals surface area contributed by atoms with Crippen molar-refractivity contribution in [3.8, 4) is 0 Å². The van der Waals surface area contributed by atoms with Gasteiger partial charge in [0.2, 0.25) is 0 Å². The van der Waals surface area contributed by atoms with Crippen LogP contribution < -0.4 is 0 Å². The zero-order chi connectivity index (χ0) is 10.9. The highest BCUT2D eigenvalue weighted by Gasteiger charge is 2.22. The van der Waals surface area contributed by atoms with Gasteiger partial charge < -0.3 is 14.6 Å². The largest absolute Gasteiger partial charge is 0.393 e. The van der Waals surface area contributed by atoms with E-state index in [9.17, 15) is 5.11 Å². The Kier molecular flexibility index (Phi) is 6.98. The molecule has 0 aromatic heterocycles. The van der Waals surface area contributed by atoms with Crippen LogP contribution in [0.5, 0.6) is 0 Å². The summed E-state index contributed by atoms with van der Waals surface area (Å²) in [5.41, 5.74) is 0. The maximum atomic E-state index is 9.73. The van der Waals surface area contributed by atoms with Crippen LogP contribution in [0, 0.1) is 5.92 Å². The molecule has 0 aromatic carbocycles. The van der Waals surface area contributed by atoms with Gasteiger partial charge in [0.25, 0.3) is 0 Å². The molecular weight excluding hydrogens is 192 g/mol. The molecule has 0 spiro atoms. The molecule has 15 heavy (non-hydrogen) atoms. The molecule has 0 radical (unpaired) electrons. The van der Waals surface area contributed by atoms with Crippen LogP contribution in [-0.4, -0.2) is 38.1 Å². The molecule has 1 fully saturated rings. The van der Waals surface area contributed by atoms with Crippen molar-refractivity contribution < 1.29 is 14.6 Å². The second kappa shape index (κ2) is 8.08. The fourth-order valence-electron chi connectivity index (χ4n) is 2.17. The van der Waals surface area contributed by atoms with Crippen LogP contribution in [0.2, 0.25) is 0 Å². The number of aliphatic hydroxyl groups excluding tert-OH is 1. The molecule has 0 aromatic rings. The van der Waals surface area contributed by atoms with Gasteiger partial charge >= 0.3 is 0 Å². The van der Waals surface area contributed by atoms with Crippen LogP contribution >= 0.6 is 0 Å². The van der Waals surface area contributed by atoms with Gasteiger partial charge in [0.15, 0.2) is 0 Å². The van der Waals surface area contributed by atoms with E-state index >= 15 is 0 Å². The van der Waals surface area contributed by atoms with E-state index in [-0.39, 0.29) is 6.10 Å². The minimum atomic E-state index is -0.0821. The van der Waals surface area contributed by atoms with E-state index in [2.05, 4.69) is 0 Å². The van der Waals surface area contributed by atoms with Crippen LogP contribution in [0.3, 0.4) is 0 Å². The first-order chi connectivity index (χ1) is 7.34. The smallest absolute Gasteiger partial charge is 0.0569 e.